The van der Waals surface area contributed by atoms with Crippen molar-refractivity contribution in [1.29, 1.82) is 0 Å². The second-order valence-corrected chi connectivity index (χ2v) is 4.32. The fourth-order valence-corrected chi connectivity index (χ4v) is 2.23. The third-order valence-corrected chi connectivity index (χ3v) is 3.10. The molecule has 0 aliphatic carbocycles. The van der Waals surface area contributed by atoms with E-state index in [4.69, 9.17) is 5.84 Å². The van der Waals surface area contributed by atoms with Crippen LogP contribution in [-0.4, -0.2) is 19.7 Å². The van der Waals surface area contributed by atoms with Gasteiger partial charge < -0.3 is 0 Å². The van der Waals surface area contributed by atoms with Crippen molar-refractivity contribution in [2.45, 2.75) is 19.5 Å². The van der Waals surface area contributed by atoms with E-state index < -0.39 is 0 Å². The number of rotatable bonds is 4. The lowest BCUT2D eigenvalue weighted by molar-refractivity contribution is 0.539. The van der Waals surface area contributed by atoms with Crippen molar-refractivity contribution >= 4 is 15.9 Å². The van der Waals surface area contributed by atoms with Gasteiger partial charge >= 0.3 is 0 Å². The quantitative estimate of drug-likeness (QED) is 0.650. The molecule has 1 atom stereocenters. The zero-order chi connectivity index (χ0) is 12.3. The summed E-state index contributed by atoms with van der Waals surface area (Å²) in [5, 5.41) is 4.26. The third-order valence-electron chi connectivity index (χ3n) is 2.49. The molecule has 17 heavy (non-hydrogen) atoms. The van der Waals surface area contributed by atoms with Crippen molar-refractivity contribution in [1.82, 2.24) is 25.2 Å². The summed E-state index contributed by atoms with van der Waals surface area (Å²) < 4.78 is 2.79. The topological polar surface area (TPSA) is 81.7 Å². The molecule has 6 nitrogen and oxygen atoms in total. The Hall–Kier alpha value is -1.31. The second kappa shape index (κ2) is 5.35. The highest BCUT2D eigenvalue weighted by Gasteiger charge is 2.20. The van der Waals surface area contributed by atoms with Crippen LogP contribution in [-0.2, 0) is 6.54 Å². The van der Waals surface area contributed by atoms with Gasteiger partial charge in [-0.3, -0.25) is 10.5 Å². The maximum absolute atomic E-state index is 5.62. The van der Waals surface area contributed by atoms with Gasteiger partial charge in [-0.1, -0.05) is 0 Å². The highest BCUT2D eigenvalue weighted by Crippen LogP contribution is 2.27. The first kappa shape index (κ1) is 12.2. The number of hydrazine groups is 1. The molecule has 0 fully saturated rings. The maximum Gasteiger partial charge on any atom is 0.115 e. The molecular weight excluding hydrogens is 284 g/mol. The van der Waals surface area contributed by atoms with Crippen LogP contribution in [0.15, 0.2) is 29.4 Å². The molecule has 0 saturated heterocycles. The summed E-state index contributed by atoms with van der Waals surface area (Å²) in [6.07, 6.45) is 6.71. The fraction of sp³-hybridized carbons (Fsp3) is 0.300. The number of hydrogen-bond donors (Lipinski definition) is 2. The average molecular weight is 297 g/mol. The number of halogens is 1. The largest absolute Gasteiger partial charge is 0.271 e. The monoisotopic (exact) mass is 296 g/mol. The van der Waals surface area contributed by atoms with Gasteiger partial charge in [0.2, 0.25) is 0 Å². The average Bonchev–Trinajstić information content (AvgIpc) is 2.74. The molecule has 3 N–H and O–H groups in total. The van der Waals surface area contributed by atoms with Crippen LogP contribution in [0.3, 0.4) is 0 Å². The summed E-state index contributed by atoms with van der Waals surface area (Å²) in [5.41, 5.74) is 4.62. The molecule has 0 bridgehead atoms. The Morgan fingerprint density at radius 2 is 2.12 bits per heavy atom. The standard InChI is InChI=1S/C10H13BrN6/c1-2-17-10(8(11)5-15-17)9(16-12)7-3-13-6-14-4-7/h3-6,9,16H,2,12H2,1H3. The van der Waals surface area contributed by atoms with Crippen LogP contribution in [0.4, 0.5) is 0 Å². The Labute approximate surface area is 107 Å². The lowest BCUT2D eigenvalue weighted by atomic mass is 10.1. The Bertz CT molecular complexity index is 483. The van der Waals surface area contributed by atoms with Crippen LogP contribution in [0, 0.1) is 0 Å². The molecule has 0 aliphatic heterocycles. The first-order valence-corrected chi connectivity index (χ1v) is 5.99. The molecule has 2 aromatic rings. The highest BCUT2D eigenvalue weighted by atomic mass is 79.9. The first-order chi connectivity index (χ1) is 8.27. The molecule has 1 unspecified atom stereocenters. The van der Waals surface area contributed by atoms with Gasteiger partial charge in [0.05, 0.1) is 22.4 Å². The molecule has 0 aliphatic rings. The zero-order valence-electron chi connectivity index (χ0n) is 9.34. The van der Waals surface area contributed by atoms with Gasteiger partial charge in [-0.05, 0) is 22.9 Å². The molecule has 2 heterocycles. The van der Waals surface area contributed by atoms with Gasteiger partial charge in [0, 0.05) is 24.5 Å². The van der Waals surface area contributed by atoms with Crippen LogP contribution in [0.1, 0.15) is 24.2 Å². The van der Waals surface area contributed by atoms with Gasteiger partial charge in [0.1, 0.15) is 6.33 Å². The van der Waals surface area contributed by atoms with E-state index in [0.717, 1.165) is 22.3 Å². The van der Waals surface area contributed by atoms with Crippen LogP contribution in [0.25, 0.3) is 0 Å². The smallest absolute Gasteiger partial charge is 0.115 e. The summed E-state index contributed by atoms with van der Waals surface area (Å²) in [7, 11) is 0. The molecular formula is C10H13BrN6. The van der Waals surface area contributed by atoms with E-state index in [1.165, 1.54) is 6.33 Å². The van der Waals surface area contributed by atoms with Crippen LogP contribution in [0.2, 0.25) is 0 Å². The molecule has 2 rings (SSSR count). The molecule has 0 spiro atoms. The maximum atomic E-state index is 5.62. The minimum Gasteiger partial charge on any atom is -0.271 e. The molecule has 0 radical (unpaired) electrons. The van der Waals surface area contributed by atoms with E-state index in [0.29, 0.717) is 0 Å². The molecule has 0 aromatic carbocycles. The fourth-order valence-electron chi connectivity index (χ4n) is 1.70. The van der Waals surface area contributed by atoms with E-state index in [1.54, 1.807) is 18.6 Å². The Balaban J connectivity index is 2.45. The van der Waals surface area contributed by atoms with Crippen molar-refractivity contribution in [3.63, 3.8) is 0 Å². The second-order valence-electron chi connectivity index (χ2n) is 3.47. The van der Waals surface area contributed by atoms with Gasteiger partial charge in [-0.25, -0.2) is 15.4 Å². The lowest BCUT2D eigenvalue weighted by Crippen LogP contribution is -2.31. The molecule has 90 valence electrons. The van der Waals surface area contributed by atoms with Crippen molar-refractivity contribution in [3.8, 4) is 0 Å². The Kier molecular flexibility index (Phi) is 3.82. The minimum atomic E-state index is -0.187. The predicted molar refractivity (Wildman–Crippen MR) is 66.8 cm³/mol. The number of nitrogens with zero attached hydrogens (tertiary/aromatic N) is 4. The SMILES string of the molecule is CCn1ncc(Br)c1C(NN)c1cncnc1. The van der Waals surface area contributed by atoms with E-state index in [1.807, 2.05) is 11.6 Å². The van der Waals surface area contributed by atoms with E-state index in [2.05, 4.69) is 36.4 Å². The number of aromatic nitrogens is 4. The zero-order valence-corrected chi connectivity index (χ0v) is 10.9. The van der Waals surface area contributed by atoms with Crippen molar-refractivity contribution < 1.29 is 0 Å². The minimum absolute atomic E-state index is 0.187. The summed E-state index contributed by atoms with van der Waals surface area (Å²) in [4.78, 5) is 7.99. The number of aryl methyl sites for hydroxylation is 1. The summed E-state index contributed by atoms with van der Waals surface area (Å²) in [5.74, 6) is 5.62. The van der Waals surface area contributed by atoms with Gasteiger partial charge in [-0.2, -0.15) is 5.10 Å². The van der Waals surface area contributed by atoms with Crippen LogP contribution in [0.5, 0.6) is 0 Å². The summed E-state index contributed by atoms with van der Waals surface area (Å²) in [6, 6.07) is -0.187. The van der Waals surface area contributed by atoms with Crippen molar-refractivity contribution in [2.24, 2.45) is 5.84 Å². The van der Waals surface area contributed by atoms with Gasteiger partial charge in [0.15, 0.2) is 0 Å². The highest BCUT2D eigenvalue weighted by molar-refractivity contribution is 9.10. The van der Waals surface area contributed by atoms with E-state index >= 15 is 0 Å². The predicted octanol–water partition coefficient (Wildman–Crippen LogP) is 1.01. The Morgan fingerprint density at radius 3 is 2.71 bits per heavy atom. The molecule has 2 aromatic heterocycles. The van der Waals surface area contributed by atoms with Gasteiger partial charge in [0.25, 0.3) is 0 Å². The summed E-state index contributed by atoms with van der Waals surface area (Å²) >= 11 is 3.48. The number of nitrogens with one attached hydrogen (secondary N) is 1. The lowest BCUT2D eigenvalue weighted by Gasteiger charge is -2.17. The van der Waals surface area contributed by atoms with Crippen LogP contribution < -0.4 is 11.3 Å². The molecule has 0 amide bonds. The third kappa shape index (κ3) is 2.36. The summed E-state index contributed by atoms with van der Waals surface area (Å²) in [6.45, 7) is 2.80. The van der Waals surface area contributed by atoms with E-state index in [9.17, 15) is 0 Å². The normalized spacial score (nSPS) is 12.6. The Morgan fingerprint density at radius 1 is 1.41 bits per heavy atom. The molecule has 0 saturated carbocycles. The van der Waals surface area contributed by atoms with Crippen LogP contribution >= 0.6 is 15.9 Å². The molecule has 7 heteroatoms. The number of hydrogen-bond acceptors (Lipinski definition) is 5. The van der Waals surface area contributed by atoms with Crippen molar-refractivity contribution in [3.05, 3.63) is 40.6 Å². The van der Waals surface area contributed by atoms with Gasteiger partial charge in [-0.15, -0.1) is 0 Å². The van der Waals surface area contributed by atoms with E-state index in [-0.39, 0.29) is 6.04 Å². The first-order valence-electron chi connectivity index (χ1n) is 5.20. The van der Waals surface area contributed by atoms with Crippen molar-refractivity contribution in [2.75, 3.05) is 0 Å². The number of nitrogens with two attached hydrogens (primary N) is 1.